The fraction of sp³-hybridized carbons (Fsp3) is 0.625. The molecule has 0 aromatic heterocycles. The Morgan fingerprint density at radius 2 is 1.67 bits per heavy atom. The van der Waals surface area contributed by atoms with Crippen molar-refractivity contribution in [2.45, 2.75) is 39.2 Å². The molecule has 3 heterocycles. The summed E-state index contributed by atoms with van der Waals surface area (Å²) in [6, 6.07) is 7.66. The number of hydrogen-bond donors (Lipinski definition) is 1. The summed E-state index contributed by atoms with van der Waals surface area (Å²) in [6.45, 7) is 12.3. The molecule has 3 aliphatic rings. The summed E-state index contributed by atoms with van der Waals surface area (Å²) >= 11 is 0. The lowest BCUT2D eigenvalue weighted by atomic mass is 10.1. The van der Waals surface area contributed by atoms with Gasteiger partial charge in [-0.15, -0.1) is 0 Å². The second-order valence-corrected chi connectivity index (χ2v) is 10.1. The summed E-state index contributed by atoms with van der Waals surface area (Å²) in [5.41, 5.74) is 1.51. The molecule has 1 aromatic carbocycles. The summed E-state index contributed by atoms with van der Waals surface area (Å²) in [5.74, 6) is 0.374. The predicted octanol–water partition coefficient (Wildman–Crippen LogP) is 2.51. The van der Waals surface area contributed by atoms with Crippen LogP contribution >= 0.6 is 0 Å². The van der Waals surface area contributed by atoms with E-state index in [0.29, 0.717) is 32.0 Å². The molecular formula is C24H35N5O4. The highest BCUT2D eigenvalue weighted by molar-refractivity contribution is 6.05. The minimum atomic E-state index is -0.459. The molecule has 0 bridgehead atoms. The summed E-state index contributed by atoms with van der Waals surface area (Å²) < 4.78 is 5.49. The number of imide groups is 1. The van der Waals surface area contributed by atoms with Gasteiger partial charge in [-0.1, -0.05) is 0 Å². The van der Waals surface area contributed by atoms with E-state index in [-0.39, 0.29) is 18.0 Å². The average molecular weight is 458 g/mol. The van der Waals surface area contributed by atoms with E-state index in [1.54, 1.807) is 4.90 Å². The van der Waals surface area contributed by atoms with Crippen LogP contribution in [0.2, 0.25) is 0 Å². The Morgan fingerprint density at radius 1 is 1.00 bits per heavy atom. The zero-order chi connectivity index (χ0) is 23.6. The predicted molar refractivity (Wildman–Crippen MR) is 127 cm³/mol. The highest BCUT2D eigenvalue weighted by Crippen LogP contribution is 2.27. The normalized spacial score (nSPS) is 22.5. The number of hydrogen-bond acceptors (Lipinski definition) is 6. The Hall–Kier alpha value is -2.81. The molecule has 0 spiro atoms. The molecule has 33 heavy (non-hydrogen) atoms. The number of nitrogens with one attached hydrogen (secondary N) is 1. The van der Waals surface area contributed by atoms with Crippen molar-refractivity contribution in [2.75, 3.05) is 62.2 Å². The Kier molecular flexibility index (Phi) is 6.78. The maximum absolute atomic E-state index is 12.3. The van der Waals surface area contributed by atoms with Gasteiger partial charge >= 0.3 is 12.1 Å². The average Bonchev–Trinajstić information content (AvgIpc) is 3.22. The number of benzene rings is 1. The number of carbonyl (C=O) groups excluding carboxylic acids is 3. The van der Waals surface area contributed by atoms with E-state index in [1.807, 2.05) is 37.8 Å². The Labute approximate surface area is 195 Å². The van der Waals surface area contributed by atoms with Crippen LogP contribution < -0.4 is 15.1 Å². The van der Waals surface area contributed by atoms with Crippen LogP contribution in [0.3, 0.4) is 0 Å². The Bertz CT molecular complexity index is 874. The first-order valence-electron chi connectivity index (χ1n) is 11.8. The van der Waals surface area contributed by atoms with E-state index < -0.39 is 5.60 Å². The van der Waals surface area contributed by atoms with E-state index in [0.717, 1.165) is 50.5 Å². The van der Waals surface area contributed by atoms with Crippen molar-refractivity contribution in [3.63, 3.8) is 0 Å². The number of rotatable bonds is 4. The van der Waals surface area contributed by atoms with Crippen LogP contribution in [0.15, 0.2) is 24.3 Å². The first-order valence-corrected chi connectivity index (χ1v) is 11.8. The number of anilines is 2. The van der Waals surface area contributed by atoms with Gasteiger partial charge in [-0.05, 0) is 57.4 Å². The van der Waals surface area contributed by atoms with Crippen molar-refractivity contribution in [3.05, 3.63) is 24.3 Å². The van der Waals surface area contributed by atoms with Crippen molar-refractivity contribution < 1.29 is 19.1 Å². The number of amides is 4. The highest BCUT2D eigenvalue weighted by atomic mass is 16.6. The molecule has 1 N–H and O–H groups in total. The van der Waals surface area contributed by atoms with Gasteiger partial charge < -0.3 is 14.5 Å². The fourth-order valence-electron chi connectivity index (χ4n) is 4.67. The van der Waals surface area contributed by atoms with Gasteiger partial charge in [0, 0.05) is 70.2 Å². The quantitative estimate of drug-likeness (QED) is 0.748. The van der Waals surface area contributed by atoms with E-state index in [2.05, 4.69) is 27.2 Å². The van der Waals surface area contributed by atoms with Crippen LogP contribution in [-0.2, 0) is 9.53 Å². The molecule has 180 valence electrons. The SMILES string of the molecule is CC(C)(C)OC(=O)N1CCN(C[C@H]2CCN(c3ccc(N4CCC(=O)NC4=O)cc3)C2)CC1. The molecular weight excluding hydrogens is 422 g/mol. The smallest absolute Gasteiger partial charge is 0.410 e. The van der Waals surface area contributed by atoms with Crippen LogP contribution in [0.5, 0.6) is 0 Å². The zero-order valence-electron chi connectivity index (χ0n) is 19.9. The van der Waals surface area contributed by atoms with Crippen LogP contribution in [0.1, 0.15) is 33.6 Å². The second-order valence-electron chi connectivity index (χ2n) is 10.1. The van der Waals surface area contributed by atoms with Crippen LogP contribution in [-0.4, -0.2) is 85.8 Å². The lowest BCUT2D eigenvalue weighted by molar-refractivity contribution is -0.120. The second kappa shape index (κ2) is 9.59. The lowest BCUT2D eigenvalue weighted by Crippen LogP contribution is -2.51. The summed E-state index contributed by atoms with van der Waals surface area (Å²) in [6.07, 6.45) is 1.25. The van der Waals surface area contributed by atoms with E-state index in [9.17, 15) is 14.4 Å². The van der Waals surface area contributed by atoms with Crippen molar-refractivity contribution in [3.8, 4) is 0 Å². The molecule has 3 fully saturated rings. The third kappa shape index (κ3) is 5.96. The van der Waals surface area contributed by atoms with E-state index in [1.165, 1.54) is 0 Å². The molecule has 3 aliphatic heterocycles. The van der Waals surface area contributed by atoms with Crippen LogP contribution in [0, 0.1) is 5.92 Å². The van der Waals surface area contributed by atoms with Gasteiger partial charge in [0.2, 0.25) is 5.91 Å². The van der Waals surface area contributed by atoms with Crippen LogP contribution in [0.25, 0.3) is 0 Å². The molecule has 0 unspecified atom stereocenters. The van der Waals surface area contributed by atoms with Crippen molar-refractivity contribution in [1.82, 2.24) is 15.1 Å². The minimum Gasteiger partial charge on any atom is -0.444 e. The summed E-state index contributed by atoms with van der Waals surface area (Å²) in [7, 11) is 0. The summed E-state index contributed by atoms with van der Waals surface area (Å²) in [4.78, 5) is 43.9. The molecule has 1 aromatic rings. The van der Waals surface area contributed by atoms with Gasteiger partial charge in [-0.25, -0.2) is 9.59 Å². The van der Waals surface area contributed by atoms with Gasteiger partial charge in [-0.2, -0.15) is 0 Å². The standard InChI is InChI=1S/C24H35N5O4/c1-24(2,3)33-23(32)27-14-12-26(13-15-27)16-18-8-10-28(17-18)19-4-6-20(7-5-19)29-11-9-21(30)25-22(29)31/h4-7,18H,8-17H2,1-3H3,(H,25,30,31)/t18-/m1/s1. The number of nitrogens with zero attached hydrogens (tertiary/aromatic N) is 4. The molecule has 9 heteroatoms. The fourth-order valence-corrected chi connectivity index (χ4v) is 4.67. The molecule has 4 amide bonds. The number of piperazine rings is 1. The lowest BCUT2D eigenvalue weighted by Gasteiger charge is -2.36. The van der Waals surface area contributed by atoms with Crippen molar-refractivity contribution in [1.29, 1.82) is 0 Å². The molecule has 0 saturated carbocycles. The first kappa shape index (κ1) is 23.4. The maximum atomic E-state index is 12.3. The summed E-state index contributed by atoms with van der Waals surface area (Å²) in [5, 5.41) is 2.37. The van der Waals surface area contributed by atoms with Gasteiger partial charge in [0.1, 0.15) is 5.60 Å². The Morgan fingerprint density at radius 3 is 2.30 bits per heavy atom. The topological polar surface area (TPSA) is 85.4 Å². The van der Waals surface area contributed by atoms with E-state index in [4.69, 9.17) is 4.74 Å². The molecule has 3 saturated heterocycles. The third-order valence-corrected chi connectivity index (χ3v) is 6.41. The Balaban J connectivity index is 1.23. The number of urea groups is 1. The van der Waals surface area contributed by atoms with Crippen LogP contribution in [0.4, 0.5) is 21.0 Å². The van der Waals surface area contributed by atoms with Crippen molar-refractivity contribution >= 4 is 29.4 Å². The molecule has 4 rings (SSSR count). The van der Waals surface area contributed by atoms with Gasteiger partial charge in [0.15, 0.2) is 0 Å². The first-order chi connectivity index (χ1) is 15.7. The molecule has 1 atom stereocenters. The molecule has 0 aliphatic carbocycles. The van der Waals surface area contributed by atoms with Gasteiger partial charge in [-0.3, -0.25) is 19.9 Å². The van der Waals surface area contributed by atoms with Crippen molar-refractivity contribution in [2.24, 2.45) is 5.92 Å². The van der Waals surface area contributed by atoms with Gasteiger partial charge in [0.05, 0.1) is 0 Å². The van der Waals surface area contributed by atoms with E-state index >= 15 is 0 Å². The highest BCUT2D eigenvalue weighted by Gasteiger charge is 2.30. The molecule has 0 radical (unpaired) electrons. The monoisotopic (exact) mass is 457 g/mol. The largest absolute Gasteiger partial charge is 0.444 e. The van der Waals surface area contributed by atoms with Gasteiger partial charge in [0.25, 0.3) is 0 Å². The number of carbonyl (C=O) groups is 3. The third-order valence-electron chi connectivity index (χ3n) is 6.41. The molecule has 9 nitrogen and oxygen atoms in total. The number of ether oxygens (including phenoxy) is 1. The zero-order valence-corrected chi connectivity index (χ0v) is 19.9. The minimum absolute atomic E-state index is 0.216. The maximum Gasteiger partial charge on any atom is 0.410 e.